The van der Waals surface area contributed by atoms with E-state index in [2.05, 4.69) is 39.4 Å². The first-order valence-corrected chi connectivity index (χ1v) is 9.14. The highest BCUT2D eigenvalue weighted by Crippen LogP contribution is 2.45. The second kappa shape index (κ2) is 6.65. The maximum atomic E-state index is 12.5. The summed E-state index contributed by atoms with van der Waals surface area (Å²) >= 11 is 3.64. The largest absolute Gasteiger partial charge is 0.493 e. The van der Waals surface area contributed by atoms with Crippen LogP contribution in [0.4, 0.5) is 5.69 Å². The molecule has 4 rings (SSSR count). The van der Waals surface area contributed by atoms with Crippen molar-refractivity contribution in [2.24, 2.45) is 0 Å². The van der Waals surface area contributed by atoms with E-state index in [-0.39, 0.29) is 11.8 Å². The molecule has 0 aromatic heterocycles. The van der Waals surface area contributed by atoms with E-state index in [1.807, 2.05) is 30.3 Å². The normalized spacial score (nSPS) is 16.1. The minimum Gasteiger partial charge on any atom is -0.493 e. The van der Waals surface area contributed by atoms with Crippen LogP contribution in [-0.4, -0.2) is 20.1 Å². The quantitative estimate of drug-likeness (QED) is 0.652. The molecule has 132 valence electrons. The standard InChI is InChI=1S/C21H18BrNO3/c1-25-18-9-16(17(22)11-19(18)26-2)15-10-20(24)23-21-13-6-4-3-5-12(13)7-8-14(15)21/h3-9,11,15H,10H2,1-2H3,(H,23,24). The Kier molecular flexibility index (Phi) is 4.32. The Morgan fingerprint density at radius 3 is 2.50 bits per heavy atom. The molecule has 0 aliphatic carbocycles. The van der Waals surface area contributed by atoms with E-state index in [9.17, 15) is 4.79 Å². The van der Waals surface area contributed by atoms with E-state index in [1.165, 1.54) is 0 Å². The lowest BCUT2D eigenvalue weighted by Crippen LogP contribution is -2.24. The predicted octanol–water partition coefficient (Wildman–Crippen LogP) is 5.09. The smallest absolute Gasteiger partial charge is 0.225 e. The Bertz CT molecular complexity index is 1020. The maximum absolute atomic E-state index is 12.5. The number of carbonyl (C=O) groups is 1. The first kappa shape index (κ1) is 16.9. The van der Waals surface area contributed by atoms with Crippen LogP contribution in [0.2, 0.25) is 0 Å². The average molecular weight is 412 g/mol. The summed E-state index contributed by atoms with van der Waals surface area (Å²) in [5.74, 6) is 1.26. The fraction of sp³-hybridized carbons (Fsp3) is 0.190. The molecule has 0 bridgehead atoms. The van der Waals surface area contributed by atoms with E-state index in [4.69, 9.17) is 9.47 Å². The van der Waals surface area contributed by atoms with Gasteiger partial charge in [-0.3, -0.25) is 4.79 Å². The molecular formula is C21H18BrNO3. The van der Waals surface area contributed by atoms with Gasteiger partial charge < -0.3 is 14.8 Å². The highest BCUT2D eigenvalue weighted by Gasteiger charge is 2.30. The molecule has 3 aromatic carbocycles. The first-order valence-electron chi connectivity index (χ1n) is 8.35. The lowest BCUT2D eigenvalue weighted by atomic mass is 9.83. The molecule has 1 amide bonds. The molecule has 1 aliphatic heterocycles. The number of methoxy groups -OCH3 is 2. The molecular weight excluding hydrogens is 394 g/mol. The Morgan fingerprint density at radius 2 is 1.73 bits per heavy atom. The van der Waals surface area contributed by atoms with Crippen LogP contribution >= 0.6 is 15.9 Å². The topological polar surface area (TPSA) is 47.6 Å². The Morgan fingerprint density at radius 1 is 1.00 bits per heavy atom. The van der Waals surface area contributed by atoms with Gasteiger partial charge in [0.05, 0.1) is 19.9 Å². The van der Waals surface area contributed by atoms with Crippen LogP contribution in [0.5, 0.6) is 11.5 Å². The molecule has 1 unspecified atom stereocenters. The molecule has 1 atom stereocenters. The molecule has 0 fully saturated rings. The Hall–Kier alpha value is -2.53. The highest BCUT2D eigenvalue weighted by molar-refractivity contribution is 9.10. The highest BCUT2D eigenvalue weighted by atomic mass is 79.9. The summed E-state index contributed by atoms with van der Waals surface area (Å²) in [6, 6.07) is 16.1. The van der Waals surface area contributed by atoms with Gasteiger partial charge in [0, 0.05) is 22.2 Å². The molecule has 4 nitrogen and oxygen atoms in total. The fourth-order valence-electron chi connectivity index (χ4n) is 3.62. The number of hydrogen-bond donors (Lipinski definition) is 1. The minimum atomic E-state index is -0.0578. The zero-order valence-electron chi connectivity index (χ0n) is 14.5. The molecule has 0 saturated carbocycles. The summed E-state index contributed by atoms with van der Waals surface area (Å²) in [5, 5.41) is 5.23. The van der Waals surface area contributed by atoms with Gasteiger partial charge in [-0.15, -0.1) is 0 Å². The lowest BCUT2D eigenvalue weighted by Gasteiger charge is -2.28. The van der Waals surface area contributed by atoms with Gasteiger partial charge in [0.2, 0.25) is 5.91 Å². The molecule has 0 radical (unpaired) electrons. The average Bonchev–Trinajstić information content (AvgIpc) is 2.67. The SMILES string of the molecule is COc1cc(Br)c(C2CC(=O)Nc3c2ccc2ccccc32)cc1OC. The molecule has 5 heteroatoms. The molecule has 26 heavy (non-hydrogen) atoms. The summed E-state index contributed by atoms with van der Waals surface area (Å²) in [5.41, 5.74) is 3.01. The van der Waals surface area contributed by atoms with Crippen molar-refractivity contribution in [1.29, 1.82) is 0 Å². The van der Waals surface area contributed by atoms with E-state index >= 15 is 0 Å². The number of amides is 1. The number of anilines is 1. The van der Waals surface area contributed by atoms with Gasteiger partial charge in [0.15, 0.2) is 11.5 Å². The monoisotopic (exact) mass is 411 g/mol. The van der Waals surface area contributed by atoms with Crippen LogP contribution in [0.25, 0.3) is 10.8 Å². The van der Waals surface area contributed by atoms with Crippen molar-refractivity contribution in [3.8, 4) is 11.5 Å². The van der Waals surface area contributed by atoms with Crippen LogP contribution in [0, 0.1) is 0 Å². The van der Waals surface area contributed by atoms with Crippen molar-refractivity contribution in [3.05, 3.63) is 64.1 Å². The third-order valence-corrected chi connectivity index (χ3v) is 5.56. The summed E-state index contributed by atoms with van der Waals surface area (Å²) in [4.78, 5) is 12.5. The Balaban J connectivity index is 1.92. The number of ether oxygens (including phenoxy) is 2. The number of hydrogen-bond acceptors (Lipinski definition) is 3. The van der Waals surface area contributed by atoms with Crippen molar-refractivity contribution in [2.75, 3.05) is 19.5 Å². The van der Waals surface area contributed by atoms with Gasteiger partial charge in [0.1, 0.15) is 0 Å². The van der Waals surface area contributed by atoms with Crippen LogP contribution in [-0.2, 0) is 4.79 Å². The lowest BCUT2D eigenvalue weighted by molar-refractivity contribution is -0.116. The van der Waals surface area contributed by atoms with Crippen LogP contribution in [0.15, 0.2) is 53.0 Å². The van der Waals surface area contributed by atoms with Crippen molar-refractivity contribution < 1.29 is 14.3 Å². The number of halogens is 1. The van der Waals surface area contributed by atoms with Crippen molar-refractivity contribution in [3.63, 3.8) is 0 Å². The summed E-state index contributed by atoms with van der Waals surface area (Å²) in [6.07, 6.45) is 0.388. The number of benzene rings is 3. The summed E-state index contributed by atoms with van der Waals surface area (Å²) in [6.45, 7) is 0. The van der Waals surface area contributed by atoms with Gasteiger partial charge in [-0.2, -0.15) is 0 Å². The molecule has 1 N–H and O–H groups in total. The molecule has 0 saturated heterocycles. The molecule has 3 aromatic rings. The Labute approximate surface area is 160 Å². The number of nitrogens with one attached hydrogen (secondary N) is 1. The first-order chi connectivity index (χ1) is 12.6. The van der Waals surface area contributed by atoms with Crippen molar-refractivity contribution >= 4 is 38.3 Å². The van der Waals surface area contributed by atoms with E-state index in [0.29, 0.717) is 17.9 Å². The third-order valence-electron chi connectivity index (χ3n) is 4.87. The van der Waals surface area contributed by atoms with Crippen molar-refractivity contribution in [1.82, 2.24) is 0 Å². The van der Waals surface area contributed by atoms with E-state index in [1.54, 1.807) is 14.2 Å². The third kappa shape index (κ3) is 2.72. The number of rotatable bonds is 3. The molecule has 0 spiro atoms. The predicted molar refractivity (Wildman–Crippen MR) is 106 cm³/mol. The van der Waals surface area contributed by atoms with Crippen LogP contribution in [0.3, 0.4) is 0 Å². The number of fused-ring (bicyclic) bond motifs is 3. The zero-order chi connectivity index (χ0) is 18.3. The maximum Gasteiger partial charge on any atom is 0.225 e. The molecule has 1 aliphatic rings. The summed E-state index contributed by atoms with van der Waals surface area (Å²) in [7, 11) is 3.23. The van der Waals surface area contributed by atoms with Gasteiger partial charge in [-0.1, -0.05) is 52.3 Å². The second-order valence-corrected chi connectivity index (χ2v) is 7.14. The van der Waals surface area contributed by atoms with Gasteiger partial charge in [-0.25, -0.2) is 0 Å². The van der Waals surface area contributed by atoms with Gasteiger partial charge in [-0.05, 0) is 28.6 Å². The number of carbonyl (C=O) groups excluding carboxylic acids is 1. The van der Waals surface area contributed by atoms with Crippen LogP contribution < -0.4 is 14.8 Å². The van der Waals surface area contributed by atoms with E-state index < -0.39 is 0 Å². The molecule has 1 heterocycles. The van der Waals surface area contributed by atoms with Gasteiger partial charge in [0.25, 0.3) is 0 Å². The van der Waals surface area contributed by atoms with Crippen molar-refractivity contribution in [2.45, 2.75) is 12.3 Å². The van der Waals surface area contributed by atoms with E-state index in [0.717, 1.165) is 32.1 Å². The fourth-order valence-corrected chi connectivity index (χ4v) is 4.22. The second-order valence-electron chi connectivity index (χ2n) is 6.28. The minimum absolute atomic E-state index is 0.0144. The van der Waals surface area contributed by atoms with Crippen LogP contribution in [0.1, 0.15) is 23.5 Å². The zero-order valence-corrected chi connectivity index (χ0v) is 16.1. The summed E-state index contributed by atoms with van der Waals surface area (Å²) < 4.78 is 11.7. The van der Waals surface area contributed by atoms with Gasteiger partial charge >= 0.3 is 0 Å².